The fourth-order valence-electron chi connectivity index (χ4n) is 2.13. The number of rotatable bonds is 6. The summed E-state index contributed by atoms with van der Waals surface area (Å²) in [6.45, 7) is 4.14. The lowest BCUT2D eigenvalue weighted by Crippen LogP contribution is -2.18. The van der Waals surface area contributed by atoms with Crippen LogP contribution in [-0.2, 0) is 0 Å². The van der Waals surface area contributed by atoms with Crippen molar-refractivity contribution in [1.82, 2.24) is 5.43 Å². The van der Waals surface area contributed by atoms with Crippen LogP contribution in [0.4, 0.5) is 11.4 Å². The van der Waals surface area contributed by atoms with Crippen molar-refractivity contribution in [3.05, 3.63) is 79.4 Å². The van der Waals surface area contributed by atoms with Crippen molar-refractivity contribution in [2.45, 2.75) is 19.8 Å². The lowest BCUT2D eigenvalue weighted by Gasteiger charge is -2.04. The van der Waals surface area contributed by atoms with Gasteiger partial charge in [-0.05, 0) is 17.0 Å². The molecule has 0 saturated carbocycles. The summed E-state index contributed by atoms with van der Waals surface area (Å²) in [5.41, 5.74) is 2.80. The molecule has 0 fully saturated rings. The van der Waals surface area contributed by atoms with Crippen LogP contribution < -0.4 is 5.43 Å². The average Bonchev–Trinajstić information content (AvgIpc) is 2.61. The normalized spacial score (nSPS) is 10.9. The first-order valence-electron chi connectivity index (χ1n) is 7.65. The molecule has 0 aliphatic rings. The second-order valence-electron chi connectivity index (χ2n) is 5.77. The maximum Gasteiger partial charge on any atom is 0.277 e. The summed E-state index contributed by atoms with van der Waals surface area (Å²) < 4.78 is 0. The molecule has 2 aromatic rings. The Bertz CT molecular complexity index is 843. The summed E-state index contributed by atoms with van der Waals surface area (Å²) in [4.78, 5) is 32.1. The van der Waals surface area contributed by atoms with E-state index in [0.717, 1.165) is 29.3 Å². The van der Waals surface area contributed by atoms with E-state index in [2.05, 4.69) is 24.4 Å². The second-order valence-corrected chi connectivity index (χ2v) is 5.77. The maximum atomic E-state index is 12.1. The van der Waals surface area contributed by atoms with Crippen LogP contribution in [0.25, 0.3) is 0 Å². The van der Waals surface area contributed by atoms with Crippen LogP contribution in [0, 0.1) is 20.2 Å². The van der Waals surface area contributed by atoms with E-state index in [9.17, 15) is 25.0 Å². The Hall–Kier alpha value is -3.62. The number of hydrogen-bond acceptors (Lipinski definition) is 6. The monoisotopic (exact) mass is 356 g/mol. The Morgan fingerprint density at radius 2 is 1.58 bits per heavy atom. The number of carbonyl (C=O) groups is 1. The maximum absolute atomic E-state index is 12.1. The van der Waals surface area contributed by atoms with Crippen LogP contribution >= 0.6 is 0 Å². The lowest BCUT2D eigenvalue weighted by atomic mass is 10.0. The molecule has 0 bridgehead atoms. The van der Waals surface area contributed by atoms with Gasteiger partial charge in [0.2, 0.25) is 0 Å². The average molecular weight is 356 g/mol. The van der Waals surface area contributed by atoms with Crippen molar-refractivity contribution in [1.29, 1.82) is 0 Å². The third kappa shape index (κ3) is 4.69. The van der Waals surface area contributed by atoms with E-state index in [1.54, 1.807) is 0 Å². The Kier molecular flexibility index (Phi) is 5.74. The minimum atomic E-state index is -0.802. The van der Waals surface area contributed by atoms with Gasteiger partial charge < -0.3 is 0 Å². The number of nitro groups is 2. The molecule has 2 aromatic carbocycles. The van der Waals surface area contributed by atoms with Crippen molar-refractivity contribution >= 4 is 23.5 Å². The molecule has 1 N–H and O–H groups in total. The van der Waals surface area contributed by atoms with E-state index in [1.165, 1.54) is 6.21 Å². The number of nitro benzene ring substituents is 2. The quantitative estimate of drug-likeness (QED) is 0.482. The van der Waals surface area contributed by atoms with Gasteiger partial charge >= 0.3 is 0 Å². The van der Waals surface area contributed by atoms with E-state index in [0.29, 0.717) is 5.92 Å². The van der Waals surface area contributed by atoms with Crippen molar-refractivity contribution < 1.29 is 14.6 Å². The van der Waals surface area contributed by atoms with E-state index >= 15 is 0 Å². The molecule has 9 heteroatoms. The fraction of sp³-hybridized carbons (Fsp3) is 0.176. The summed E-state index contributed by atoms with van der Waals surface area (Å²) in [6, 6.07) is 10.3. The Balaban J connectivity index is 2.14. The SMILES string of the molecule is CC(C)c1ccc(C=NNC(=O)c2cc([N+](=O)[O-])cc([N+](=O)[O-])c2)cc1. The summed E-state index contributed by atoms with van der Waals surface area (Å²) >= 11 is 0. The molecule has 0 radical (unpaired) electrons. The van der Waals surface area contributed by atoms with Gasteiger partial charge in [-0.25, -0.2) is 5.43 Å². The van der Waals surface area contributed by atoms with Gasteiger partial charge in [0.1, 0.15) is 0 Å². The fourth-order valence-corrected chi connectivity index (χ4v) is 2.13. The van der Waals surface area contributed by atoms with Gasteiger partial charge in [0.15, 0.2) is 0 Å². The molecule has 0 aromatic heterocycles. The predicted octanol–water partition coefficient (Wildman–Crippen LogP) is 3.39. The Morgan fingerprint density at radius 1 is 1.04 bits per heavy atom. The van der Waals surface area contributed by atoms with Crippen molar-refractivity contribution in [3.63, 3.8) is 0 Å². The molecule has 134 valence electrons. The molecular weight excluding hydrogens is 340 g/mol. The molecule has 0 saturated heterocycles. The zero-order chi connectivity index (χ0) is 19.3. The largest absolute Gasteiger partial charge is 0.277 e. The van der Waals surface area contributed by atoms with Gasteiger partial charge in [-0.1, -0.05) is 38.1 Å². The predicted molar refractivity (Wildman–Crippen MR) is 95.3 cm³/mol. The molecule has 26 heavy (non-hydrogen) atoms. The number of nitrogens with zero attached hydrogens (tertiary/aromatic N) is 3. The van der Waals surface area contributed by atoms with Crippen LogP contribution in [0.5, 0.6) is 0 Å². The number of non-ortho nitro benzene ring substituents is 2. The van der Waals surface area contributed by atoms with Gasteiger partial charge in [0, 0.05) is 12.1 Å². The number of benzene rings is 2. The van der Waals surface area contributed by atoms with Crippen molar-refractivity contribution in [2.24, 2.45) is 5.10 Å². The van der Waals surface area contributed by atoms with E-state index in [4.69, 9.17) is 0 Å². The van der Waals surface area contributed by atoms with Crippen LogP contribution in [0.15, 0.2) is 47.6 Å². The van der Waals surface area contributed by atoms with Crippen molar-refractivity contribution in [3.8, 4) is 0 Å². The standard InChI is InChI=1S/C17H16N4O5/c1-11(2)13-5-3-12(4-6-13)10-18-19-17(22)14-7-15(20(23)24)9-16(8-14)21(25)26/h3-11H,1-2H3,(H,19,22). The first-order chi connectivity index (χ1) is 12.3. The Morgan fingerprint density at radius 3 is 2.04 bits per heavy atom. The molecule has 0 heterocycles. The third-order valence-electron chi connectivity index (χ3n) is 3.57. The first-order valence-corrected chi connectivity index (χ1v) is 7.65. The number of hydrogen-bond donors (Lipinski definition) is 1. The number of carbonyl (C=O) groups excluding carboxylic acids is 1. The van der Waals surface area contributed by atoms with Gasteiger partial charge in [-0.15, -0.1) is 0 Å². The molecule has 9 nitrogen and oxygen atoms in total. The zero-order valence-electron chi connectivity index (χ0n) is 14.1. The first kappa shape index (κ1) is 18.7. The molecule has 0 aliphatic carbocycles. The van der Waals surface area contributed by atoms with Crippen LogP contribution in [0.1, 0.15) is 41.3 Å². The third-order valence-corrected chi connectivity index (χ3v) is 3.57. The highest BCUT2D eigenvalue weighted by molar-refractivity contribution is 5.96. The highest BCUT2D eigenvalue weighted by atomic mass is 16.6. The topological polar surface area (TPSA) is 128 Å². The second kappa shape index (κ2) is 7.97. The van der Waals surface area contributed by atoms with Gasteiger partial charge in [-0.2, -0.15) is 5.10 Å². The number of hydrazone groups is 1. The molecular formula is C17H16N4O5. The molecule has 2 rings (SSSR count). The number of amides is 1. The molecule has 0 aliphatic heterocycles. The van der Waals surface area contributed by atoms with Gasteiger partial charge in [0.25, 0.3) is 17.3 Å². The zero-order valence-corrected chi connectivity index (χ0v) is 14.1. The van der Waals surface area contributed by atoms with Gasteiger partial charge in [0.05, 0.1) is 27.7 Å². The summed E-state index contributed by atoms with van der Waals surface area (Å²) in [6.07, 6.45) is 1.41. The molecule has 1 amide bonds. The summed E-state index contributed by atoms with van der Waals surface area (Å²) in [5.74, 6) is -0.391. The molecule has 0 spiro atoms. The highest BCUT2D eigenvalue weighted by Gasteiger charge is 2.19. The highest BCUT2D eigenvalue weighted by Crippen LogP contribution is 2.22. The molecule has 0 unspecified atom stereocenters. The van der Waals surface area contributed by atoms with Crippen LogP contribution in [0.2, 0.25) is 0 Å². The van der Waals surface area contributed by atoms with Crippen molar-refractivity contribution in [2.75, 3.05) is 0 Å². The minimum Gasteiger partial charge on any atom is -0.267 e. The summed E-state index contributed by atoms with van der Waals surface area (Å²) in [5, 5.41) is 25.5. The van der Waals surface area contributed by atoms with Crippen LogP contribution in [-0.4, -0.2) is 22.0 Å². The Labute approximate surface area is 148 Å². The van der Waals surface area contributed by atoms with Gasteiger partial charge in [-0.3, -0.25) is 25.0 Å². The van der Waals surface area contributed by atoms with E-state index in [1.807, 2.05) is 24.3 Å². The molecule has 0 atom stereocenters. The smallest absolute Gasteiger partial charge is 0.267 e. The van der Waals surface area contributed by atoms with Crippen LogP contribution in [0.3, 0.4) is 0 Å². The lowest BCUT2D eigenvalue weighted by molar-refractivity contribution is -0.394. The van der Waals surface area contributed by atoms with E-state index < -0.39 is 27.1 Å². The summed E-state index contributed by atoms with van der Waals surface area (Å²) in [7, 11) is 0. The minimum absolute atomic E-state index is 0.224. The number of nitrogens with one attached hydrogen (secondary N) is 1. The van der Waals surface area contributed by atoms with E-state index in [-0.39, 0.29) is 5.56 Å².